The van der Waals surface area contributed by atoms with Crippen LogP contribution in [0.2, 0.25) is 0 Å². The minimum absolute atomic E-state index is 0.197. The molecule has 4 rings (SSSR count). The number of aromatic nitrogens is 2. The minimum atomic E-state index is -0.454. The number of H-pyrrole nitrogens is 1. The molecule has 33 heavy (non-hydrogen) atoms. The second kappa shape index (κ2) is 8.85. The van der Waals surface area contributed by atoms with Crippen molar-refractivity contribution in [2.75, 3.05) is 13.1 Å². The van der Waals surface area contributed by atoms with Gasteiger partial charge in [-0.15, -0.1) is 0 Å². The number of nitrogens with one attached hydrogen (secondary N) is 1. The zero-order chi connectivity index (χ0) is 23.9. The van der Waals surface area contributed by atoms with E-state index < -0.39 is 5.60 Å². The lowest BCUT2D eigenvalue weighted by molar-refractivity contribution is 0.0205. The van der Waals surface area contributed by atoms with Crippen LogP contribution in [0.4, 0.5) is 4.79 Å². The van der Waals surface area contributed by atoms with E-state index in [9.17, 15) is 4.79 Å². The average molecular weight is 448 g/mol. The van der Waals surface area contributed by atoms with Crippen molar-refractivity contribution in [3.63, 3.8) is 0 Å². The van der Waals surface area contributed by atoms with Gasteiger partial charge in [-0.2, -0.15) is 0 Å². The van der Waals surface area contributed by atoms with Gasteiger partial charge in [0.2, 0.25) is 0 Å². The average Bonchev–Trinajstić information content (AvgIpc) is 3.11. The number of fused-ring (bicyclic) bond motifs is 1. The van der Waals surface area contributed by atoms with Crippen LogP contribution >= 0.6 is 0 Å². The molecule has 1 N–H and O–H groups in total. The number of carbonyl (C=O) groups excluding carboxylic acids is 1. The SMILES string of the molecule is Cc1cc(-c2[nH]c3ccc(C4CCN(C(=O)OC(C)(C)C)CC4)cc3c2C(C)C)cc(C)n1. The first-order valence-electron chi connectivity index (χ1n) is 12.1. The van der Waals surface area contributed by atoms with Gasteiger partial charge in [-0.1, -0.05) is 19.9 Å². The molecule has 0 atom stereocenters. The van der Waals surface area contributed by atoms with Crippen LogP contribution in [-0.4, -0.2) is 39.7 Å². The van der Waals surface area contributed by atoms with Crippen molar-refractivity contribution in [3.05, 3.63) is 52.8 Å². The third-order valence-electron chi connectivity index (χ3n) is 6.43. The molecule has 1 aromatic carbocycles. The van der Waals surface area contributed by atoms with Crippen molar-refractivity contribution in [3.8, 4) is 11.3 Å². The first-order valence-corrected chi connectivity index (χ1v) is 12.1. The molecule has 1 aliphatic rings. The third-order valence-corrected chi connectivity index (χ3v) is 6.43. The van der Waals surface area contributed by atoms with Crippen molar-refractivity contribution >= 4 is 17.0 Å². The van der Waals surface area contributed by atoms with E-state index in [1.54, 1.807) is 0 Å². The highest BCUT2D eigenvalue weighted by Crippen LogP contribution is 2.38. The quantitative estimate of drug-likeness (QED) is 0.466. The normalized spacial score (nSPS) is 15.5. The number of aryl methyl sites for hydroxylation is 2. The molecule has 3 heterocycles. The molecule has 0 aliphatic carbocycles. The largest absolute Gasteiger partial charge is 0.444 e. The number of aromatic amines is 1. The Morgan fingerprint density at radius 3 is 2.30 bits per heavy atom. The smallest absolute Gasteiger partial charge is 0.410 e. The van der Waals surface area contributed by atoms with Crippen LogP contribution in [-0.2, 0) is 4.74 Å². The van der Waals surface area contributed by atoms with Crippen LogP contribution in [0.25, 0.3) is 22.2 Å². The van der Waals surface area contributed by atoms with Crippen LogP contribution in [0, 0.1) is 13.8 Å². The topological polar surface area (TPSA) is 58.2 Å². The predicted octanol–water partition coefficient (Wildman–Crippen LogP) is 7.08. The Bertz CT molecular complexity index is 1140. The molecule has 2 aromatic heterocycles. The lowest BCUT2D eigenvalue weighted by Crippen LogP contribution is -2.41. The van der Waals surface area contributed by atoms with Gasteiger partial charge < -0.3 is 14.6 Å². The molecule has 0 bridgehead atoms. The fourth-order valence-electron chi connectivity index (χ4n) is 5.01. The molecular weight excluding hydrogens is 410 g/mol. The van der Waals surface area contributed by atoms with Crippen LogP contribution in [0.15, 0.2) is 30.3 Å². The van der Waals surface area contributed by atoms with Gasteiger partial charge in [-0.05, 0) is 94.7 Å². The van der Waals surface area contributed by atoms with E-state index >= 15 is 0 Å². The lowest BCUT2D eigenvalue weighted by atomic mass is 9.87. The first-order chi connectivity index (χ1) is 15.5. The number of hydrogen-bond acceptors (Lipinski definition) is 3. The molecule has 1 aliphatic heterocycles. The van der Waals surface area contributed by atoms with E-state index in [-0.39, 0.29) is 6.09 Å². The van der Waals surface area contributed by atoms with Gasteiger partial charge in [-0.25, -0.2) is 4.79 Å². The number of amides is 1. The highest BCUT2D eigenvalue weighted by Gasteiger charge is 2.28. The molecule has 0 unspecified atom stereocenters. The second-order valence-electron chi connectivity index (χ2n) is 10.8. The predicted molar refractivity (Wildman–Crippen MR) is 135 cm³/mol. The standard InChI is InChI=1S/C28H37N3O2/c1-17(2)25-23-16-21(20-10-12-31(13-11-20)27(32)33-28(5,6)7)8-9-24(23)30-26(25)22-14-18(3)29-19(4)15-22/h8-9,14-17,20,30H,10-13H2,1-7H3. The number of rotatable bonds is 3. The van der Waals surface area contributed by atoms with Crippen LogP contribution in [0.1, 0.15) is 81.8 Å². The zero-order valence-corrected chi connectivity index (χ0v) is 21.1. The summed E-state index contributed by atoms with van der Waals surface area (Å²) in [6.45, 7) is 15.9. The number of likely N-dealkylation sites (tertiary alicyclic amines) is 1. The molecule has 0 spiro atoms. The van der Waals surface area contributed by atoms with Gasteiger partial charge in [0.25, 0.3) is 0 Å². The van der Waals surface area contributed by atoms with E-state index in [0.717, 1.165) is 37.3 Å². The van der Waals surface area contributed by atoms with E-state index in [4.69, 9.17) is 4.74 Å². The van der Waals surface area contributed by atoms with Crippen molar-refractivity contribution in [1.82, 2.24) is 14.9 Å². The Kier molecular flexibility index (Phi) is 6.26. The molecule has 0 radical (unpaired) electrons. The molecule has 1 saturated heterocycles. The summed E-state index contributed by atoms with van der Waals surface area (Å²) in [5.41, 5.74) is 7.92. The molecule has 5 heteroatoms. The van der Waals surface area contributed by atoms with Crippen molar-refractivity contribution in [2.45, 2.75) is 78.7 Å². The number of ether oxygens (including phenoxy) is 1. The van der Waals surface area contributed by atoms with Crippen LogP contribution in [0.5, 0.6) is 0 Å². The van der Waals surface area contributed by atoms with Gasteiger partial charge >= 0.3 is 6.09 Å². The van der Waals surface area contributed by atoms with Crippen molar-refractivity contribution in [1.29, 1.82) is 0 Å². The van der Waals surface area contributed by atoms with Gasteiger partial charge in [0, 0.05) is 40.9 Å². The summed E-state index contributed by atoms with van der Waals surface area (Å²) in [4.78, 5) is 22.5. The van der Waals surface area contributed by atoms with Crippen molar-refractivity contribution < 1.29 is 9.53 Å². The molecule has 0 saturated carbocycles. The van der Waals surface area contributed by atoms with E-state index in [1.165, 1.54) is 33.3 Å². The van der Waals surface area contributed by atoms with E-state index in [0.29, 0.717) is 11.8 Å². The summed E-state index contributed by atoms with van der Waals surface area (Å²) < 4.78 is 5.56. The fourth-order valence-corrected chi connectivity index (χ4v) is 5.01. The maximum Gasteiger partial charge on any atom is 0.410 e. The summed E-state index contributed by atoms with van der Waals surface area (Å²) >= 11 is 0. The first kappa shape index (κ1) is 23.3. The number of carbonyl (C=O) groups is 1. The third kappa shape index (κ3) is 5.07. The highest BCUT2D eigenvalue weighted by molar-refractivity contribution is 5.92. The monoisotopic (exact) mass is 447 g/mol. The van der Waals surface area contributed by atoms with Crippen molar-refractivity contribution in [2.24, 2.45) is 0 Å². The zero-order valence-electron chi connectivity index (χ0n) is 21.1. The summed E-state index contributed by atoms with van der Waals surface area (Å²) in [5, 5.41) is 1.30. The van der Waals surface area contributed by atoms with E-state index in [1.807, 2.05) is 25.7 Å². The number of pyridine rings is 1. The number of hydrogen-bond donors (Lipinski definition) is 1. The van der Waals surface area contributed by atoms with Gasteiger partial charge in [0.15, 0.2) is 0 Å². The van der Waals surface area contributed by atoms with Crippen LogP contribution in [0.3, 0.4) is 0 Å². The Labute approximate surface area is 197 Å². The Balaban J connectivity index is 1.61. The number of piperidine rings is 1. The van der Waals surface area contributed by atoms with Gasteiger partial charge in [0.05, 0.1) is 5.69 Å². The Morgan fingerprint density at radius 2 is 1.73 bits per heavy atom. The second-order valence-corrected chi connectivity index (χ2v) is 10.8. The van der Waals surface area contributed by atoms with Gasteiger partial charge in [0.1, 0.15) is 5.60 Å². The maximum absolute atomic E-state index is 12.4. The maximum atomic E-state index is 12.4. The molecule has 3 aromatic rings. The Morgan fingerprint density at radius 1 is 1.09 bits per heavy atom. The number of benzene rings is 1. The summed E-state index contributed by atoms with van der Waals surface area (Å²) in [5.74, 6) is 0.851. The summed E-state index contributed by atoms with van der Waals surface area (Å²) in [6, 6.07) is 11.2. The molecule has 176 valence electrons. The fraction of sp³-hybridized carbons (Fsp3) is 0.500. The lowest BCUT2D eigenvalue weighted by Gasteiger charge is -2.33. The Hall–Kier alpha value is -2.82. The molecular formula is C28H37N3O2. The molecule has 1 amide bonds. The highest BCUT2D eigenvalue weighted by atomic mass is 16.6. The minimum Gasteiger partial charge on any atom is -0.444 e. The molecule has 1 fully saturated rings. The number of nitrogens with zero attached hydrogens (tertiary/aromatic N) is 2. The van der Waals surface area contributed by atoms with E-state index in [2.05, 4.69) is 68.0 Å². The molecule has 5 nitrogen and oxygen atoms in total. The van der Waals surface area contributed by atoms with Crippen LogP contribution < -0.4 is 0 Å². The summed E-state index contributed by atoms with van der Waals surface area (Å²) in [7, 11) is 0. The van der Waals surface area contributed by atoms with Gasteiger partial charge in [-0.3, -0.25) is 4.98 Å². The summed E-state index contributed by atoms with van der Waals surface area (Å²) in [6.07, 6.45) is 1.72.